The maximum atomic E-state index is 12.4. The van der Waals surface area contributed by atoms with Gasteiger partial charge in [0, 0.05) is 29.4 Å². The normalized spacial score (nSPS) is 14.2. The van der Waals surface area contributed by atoms with Gasteiger partial charge in [-0.3, -0.25) is 4.79 Å². The van der Waals surface area contributed by atoms with Gasteiger partial charge in [-0.1, -0.05) is 17.7 Å². The number of hydrogen-bond donors (Lipinski definition) is 2. The molecule has 0 bridgehead atoms. The molecule has 0 atom stereocenters. The van der Waals surface area contributed by atoms with Gasteiger partial charge in [-0.2, -0.15) is 0 Å². The first-order valence-corrected chi connectivity index (χ1v) is 8.61. The molecule has 1 saturated heterocycles. The van der Waals surface area contributed by atoms with Crippen LogP contribution >= 0.6 is 11.6 Å². The number of rotatable bonds is 4. The zero-order valence-corrected chi connectivity index (χ0v) is 14.4. The zero-order valence-electron chi connectivity index (χ0n) is 13.7. The minimum absolute atomic E-state index is 0.0819. The van der Waals surface area contributed by atoms with Crippen LogP contribution < -0.4 is 10.2 Å². The highest BCUT2D eigenvalue weighted by Gasteiger charge is 2.18. The predicted molar refractivity (Wildman–Crippen MR) is 98.9 cm³/mol. The summed E-state index contributed by atoms with van der Waals surface area (Å²) in [7, 11) is 0. The lowest BCUT2D eigenvalue weighted by atomic mass is 10.1. The second-order valence-corrected chi connectivity index (χ2v) is 6.48. The second kappa shape index (κ2) is 7.57. The molecule has 1 heterocycles. The fourth-order valence-electron chi connectivity index (χ4n) is 2.99. The summed E-state index contributed by atoms with van der Waals surface area (Å²) in [5, 5.41) is 12.6. The SMILES string of the molecule is O=C(Nc1ccc(N2CCCCC2)cc1C(=O)O)c1cccc(Cl)c1. The van der Waals surface area contributed by atoms with Crippen LogP contribution in [0.15, 0.2) is 42.5 Å². The van der Waals surface area contributed by atoms with Crippen LogP contribution in [0.25, 0.3) is 0 Å². The molecule has 0 saturated carbocycles. The minimum Gasteiger partial charge on any atom is -0.478 e. The van der Waals surface area contributed by atoms with Crippen molar-refractivity contribution < 1.29 is 14.7 Å². The zero-order chi connectivity index (χ0) is 17.8. The smallest absolute Gasteiger partial charge is 0.337 e. The molecule has 6 heteroatoms. The summed E-state index contributed by atoms with van der Waals surface area (Å²) in [4.78, 5) is 26.2. The van der Waals surface area contributed by atoms with Crippen molar-refractivity contribution in [2.45, 2.75) is 19.3 Å². The van der Waals surface area contributed by atoms with E-state index in [-0.39, 0.29) is 11.3 Å². The van der Waals surface area contributed by atoms with Crippen LogP contribution in [0, 0.1) is 0 Å². The number of carbonyl (C=O) groups is 2. The molecule has 0 radical (unpaired) electrons. The number of nitrogens with one attached hydrogen (secondary N) is 1. The number of hydrogen-bond acceptors (Lipinski definition) is 3. The van der Waals surface area contributed by atoms with E-state index in [1.807, 2.05) is 6.07 Å². The van der Waals surface area contributed by atoms with Gasteiger partial charge >= 0.3 is 5.97 Å². The first-order valence-electron chi connectivity index (χ1n) is 8.24. The van der Waals surface area contributed by atoms with E-state index >= 15 is 0 Å². The number of anilines is 2. The Balaban J connectivity index is 1.85. The Labute approximate surface area is 151 Å². The lowest BCUT2D eigenvalue weighted by Crippen LogP contribution is -2.29. The van der Waals surface area contributed by atoms with Crippen molar-refractivity contribution in [3.8, 4) is 0 Å². The Hall–Kier alpha value is -2.53. The van der Waals surface area contributed by atoms with Gasteiger partial charge in [0.15, 0.2) is 0 Å². The molecule has 0 aliphatic carbocycles. The molecule has 5 nitrogen and oxygen atoms in total. The summed E-state index contributed by atoms with van der Waals surface area (Å²) in [5.41, 5.74) is 1.61. The third-order valence-corrected chi connectivity index (χ3v) is 4.52. The summed E-state index contributed by atoms with van der Waals surface area (Å²) in [5.74, 6) is -1.46. The van der Waals surface area contributed by atoms with Crippen LogP contribution in [-0.4, -0.2) is 30.1 Å². The van der Waals surface area contributed by atoms with E-state index in [0.717, 1.165) is 31.6 Å². The molecule has 2 aromatic rings. The van der Waals surface area contributed by atoms with E-state index in [2.05, 4.69) is 10.2 Å². The summed E-state index contributed by atoms with van der Waals surface area (Å²) in [6.07, 6.45) is 3.42. The third kappa shape index (κ3) is 4.12. The van der Waals surface area contributed by atoms with Crippen molar-refractivity contribution in [1.29, 1.82) is 0 Å². The van der Waals surface area contributed by atoms with Crippen LogP contribution in [0.4, 0.5) is 11.4 Å². The first kappa shape index (κ1) is 17.3. The van der Waals surface area contributed by atoms with Crippen molar-refractivity contribution >= 4 is 34.9 Å². The van der Waals surface area contributed by atoms with Crippen molar-refractivity contribution in [1.82, 2.24) is 0 Å². The lowest BCUT2D eigenvalue weighted by molar-refractivity contribution is 0.0698. The molecule has 0 spiro atoms. The Morgan fingerprint density at radius 3 is 2.48 bits per heavy atom. The first-order chi connectivity index (χ1) is 12.0. The summed E-state index contributed by atoms with van der Waals surface area (Å²) >= 11 is 5.90. The molecule has 130 valence electrons. The second-order valence-electron chi connectivity index (χ2n) is 6.05. The molecular formula is C19H19ClN2O3. The number of nitrogens with zero attached hydrogens (tertiary/aromatic N) is 1. The molecule has 2 aromatic carbocycles. The van der Waals surface area contributed by atoms with Gasteiger partial charge in [0.25, 0.3) is 5.91 Å². The average Bonchev–Trinajstić information content (AvgIpc) is 2.62. The quantitative estimate of drug-likeness (QED) is 0.855. The maximum Gasteiger partial charge on any atom is 0.337 e. The number of piperidine rings is 1. The summed E-state index contributed by atoms with van der Waals surface area (Å²) in [6.45, 7) is 1.85. The van der Waals surface area contributed by atoms with Gasteiger partial charge in [-0.15, -0.1) is 0 Å². The Morgan fingerprint density at radius 2 is 1.80 bits per heavy atom. The van der Waals surface area contributed by atoms with Crippen LogP contribution in [0.1, 0.15) is 40.0 Å². The van der Waals surface area contributed by atoms with Crippen molar-refractivity contribution in [2.24, 2.45) is 0 Å². The van der Waals surface area contributed by atoms with Gasteiger partial charge in [0.2, 0.25) is 0 Å². The molecule has 0 unspecified atom stereocenters. The highest BCUT2D eigenvalue weighted by Crippen LogP contribution is 2.26. The van der Waals surface area contributed by atoms with Gasteiger partial charge in [-0.05, 0) is 55.7 Å². The fourth-order valence-corrected chi connectivity index (χ4v) is 3.18. The highest BCUT2D eigenvalue weighted by atomic mass is 35.5. The standard InChI is InChI=1S/C19H19ClN2O3/c20-14-6-4-5-13(11-14)18(23)21-17-8-7-15(12-16(17)19(24)25)22-9-2-1-3-10-22/h4-8,11-12H,1-3,9-10H2,(H,21,23)(H,24,25). The van der Waals surface area contributed by atoms with E-state index < -0.39 is 11.9 Å². The maximum absolute atomic E-state index is 12.4. The number of carboxylic acid groups (broad SMARTS) is 1. The summed E-state index contributed by atoms with van der Waals surface area (Å²) in [6, 6.07) is 11.6. The third-order valence-electron chi connectivity index (χ3n) is 4.29. The van der Waals surface area contributed by atoms with Crippen LogP contribution in [0.3, 0.4) is 0 Å². The van der Waals surface area contributed by atoms with E-state index in [1.165, 1.54) is 6.42 Å². The van der Waals surface area contributed by atoms with Crippen LogP contribution in [0.2, 0.25) is 5.02 Å². The van der Waals surface area contributed by atoms with Gasteiger partial charge in [0.1, 0.15) is 0 Å². The van der Waals surface area contributed by atoms with E-state index in [1.54, 1.807) is 36.4 Å². The molecule has 1 amide bonds. The van der Waals surface area contributed by atoms with Gasteiger partial charge in [-0.25, -0.2) is 4.79 Å². The number of amides is 1. The topological polar surface area (TPSA) is 69.6 Å². The molecular weight excluding hydrogens is 340 g/mol. The molecule has 2 N–H and O–H groups in total. The molecule has 3 rings (SSSR count). The van der Waals surface area contributed by atoms with Crippen molar-refractivity contribution in [3.63, 3.8) is 0 Å². The number of carbonyl (C=O) groups excluding carboxylic acids is 1. The number of aromatic carboxylic acids is 1. The average molecular weight is 359 g/mol. The predicted octanol–water partition coefficient (Wildman–Crippen LogP) is 4.28. The molecule has 0 aromatic heterocycles. The van der Waals surface area contributed by atoms with Crippen LogP contribution in [-0.2, 0) is 0 Å². The molecule has 1 aliphatic rings. The minimum atomic E-state index is -1.07. The largest absolute Gasteiger partial charge is 0.478 e. The van der Waals surface area contributed by atoms with Crippen LogP contribution in [0.5, 0.6) is 0 Å². The van der Waals surface area contributed by atoms with E-state index in [4.69, 9.17) is 11.6 Å². The Bertz CT molecular complexity index is 801. The Kier molecular flexibility index (Phi) is 5.24. The highest BCUT2D eigenvalue weighted by molar-refractivity contribution is 6.31. The van der Waals surface area contributed by atoms with Crippen molar-refractivity contribution in [3.05, 3.63) is 58.6 Å². The van der Waals surface area contributed by atoms with Gasteiger partial charge in [0.05, 0.1) is 11.3 Å². The monoisotopic (exact) mass is 358 g/mol. The van der Waals surface area contributed by atoms with Gasteiger partial charge < -0.3 is 15.3 Å². The number of halogens is 1. The molecule has 25 heavy (non-hydrogen) atoms. The summed E-state index contributed by atoms with van der Waals surface area (Å²) < 4.78 is 0. The van der Waals surface area contributed by atoms with E-state index in [0.29, 0.717) is 10.6 Å². The molecule has 1 aliphatic heterocycles. The molecule has 1 fully saturated rings. The Morgan fingerprint density at radius 1 is 1.04 bits per heavy atom. The number of benzene rings is 2. The van der Waals surface area contributed by atoms with E-state index in [9.17, 15) is 14.7 Å². The van der Waals surface area contributed by atoms with Crippen molar-refractivity contribution in [2.75, 3.05) is 23.3 Å². The fraction of sp³-hybridized carbons (Fsp3) is 0.263. The number of carboxylic acids is 1. The lowest BCUT2D eigenvalue weighted by Gasteiger charge is -2.29.